The van der Waals surface area contributed by atoms with Gasteiger partial charge in [0.15, 0.2) is 0 Å². The van der Waals surface area contributed by atoms with E-state index in [1.54, 1.807) is 30.3 Å². The van der Waals surface area contributed by atoms with Crippen LogP contribution in [0.2, 0.25) is 0 Å². The monoisotopic (exact) mass is 380 g/mol. The molecule has 2 rings (SSSR count). The number of amides is 1. The third-order valence-electron chi connectivity index (χ3n) is 3.72. The maximum absolute atomic E-state index is 13.8. The molecule has 6 nitrogen and oxygen atoms in total. The Morgan fingerprint density at radius 1 is 1.19 bits per heavy atom. The van der Waals surface area contributed by atoms with Gasteiger partial charge in [0.2, 0.25) is 15.9 Å². The number of carbonyl (C=O) groups is 1. The van der Waals surface area contributed by atoms with E-state index < -0.39 is 15.8 Å². The number of ether oxygens (including phenoxy) is 1. The van der Waals surface area contributed by atoms with Gasteiger partial charge in [0.1, 0.15) is 11.6 Å². The van der Waals surface area contributed by atoms with E-state index in [0.29, 0.717) is 11.4 Å². The number of benzene rings is 2. The first kappa shape index (κ1) is 19.9. The van der Waals surface area contributed by atoms with Crippen molar-refractivity contribution in [1.82, 2.24) is 4.31 Å². The molecule has 1 amide bonds. The van der Waals surface area contributed by atoms with Crippen molar-refractivity contribution in [3.8, 4) is 5.75 Å². The van der Waals surface area contributed by atoms with Crippen LogP contribution in [0.1, 0.15) is 12.0 Å². The van der Waals surface area contributed by atoms with E-state index in [2.05, 4.69) is 5.32 Å². The summed E-state index contributed by atoms with van der Waals surface area (Å²) >= 11 is 0. The predicted octanol–water partition coefficient (Wildman–Crippen LogP) is 2.62. The molecule has 0 aliphatic heterocycles. The Morgan fingerprint density at radius 2 is 1.92 bits per heavy atom. The fraction of sp³-hybridized carbons (Fsp3) is 0.278. The molecule has 0 aliphatic carbocycles. The number of rotatable bonds is 8. The summed E-state index contributed by atoms with van der Waals surface area (Å²) in [6.07, 6.45) is 0.979. The Balaban J connectivity index is 2.00. The lowest BCUT2D eigenvalue weighted by Gasteiger charge is -2.20. The average Bonchev–Trinajstić information content (AvgIpc) is 2.59. The number of sulfonamides is 1. The highest BCUT2D eigenvalue weighted by molar-refractivity contribution is 7.88. The van der Waals surface area contributed by atoms with Gasteiger partial charge in [-0.05, 0) is 18.2 Å². The van der Waals surface area contributed by atoms with Crippen molar-refractivity contribution in [3.05, 3.63) is 59.9 Å². The highest BCUT2D eigenvalue weighted by Gasteiger charge is 2.19. The number of hydrogen-bond donors (Lipinski definition) is 1. The van der Waals surface area contributed by atoms with Crippen molar-refractivity contribution in [1.29, 1.82) is 0 Å². The third kappa shape index (κ3) is 5.82. The van der Waals surface area contributed by atoms with Gasteiger partial charge in [-0.25, -0.2) is 12.8 Å². The van der Waals surface area contributed by atoms with Gasteiger partial charge < -0.3 is 10.1 Å². The normalized spacial score (nSPS) is 11.4. The minimum absolute atomic E-state index is 0.0526. The van der Waals surface area contributed by atoms with E-state index in [4.69, 9.17) is 4.74 Å². The second-order valence-electron chi connectivity index (χ2n) is 5.72. The highest BCUT2D eigenvalue weighted by Crippen LogP contribution is 2.17. The number of nitrogens with zero attached hydrogens (tertiary/aromatic N) is 1. The molecule has 0 saturated carbocycles. The van der Waals surface area contributed by atoms with E-state index in [1.165, 1.54) is 25.3 Å². The summed E-state index contributed by atoms with van der Waals surface area (Å²) in [6, 6.07) is 12.8. The van der Waals surface area contributed by atoms with Crippen LogP contribution < -0.4 is 10.1 Å². The number of hydrogen-bond acceptors (Lipinski definition) is 4. The molecule has 2 aromatic rings. The number of nitrogens with one attached hydrogen (secondary N) is 1. The first-order chi connectivity index (χ1) is 12.3. The third-order valence-corrected chi connectivity index (χ3v) is 4.97. The van der Waals surface area contributed by atoms with Crippen molar-refractivity contribution >= 4 is 21.6 Å². The van der Waals surface area contributed by atoms with Gasteiger partial charge in [0.25, 0.3) is 0 Å². The van der Waals surface area contributed by atoms with Crippen LogP contribution in [-0.2, 0) is 21.4 Å². The van der Waals surface area contributed by atoms with Crippen LogP contribution in [0.5, 0.6) is 5.75 Å². The van der Waals surface area contributed by atoms with Gasteiger partial charge in [-0.15, -0.1) is 0 Å². The molecule has 0 aliphatic rings. The second-order valence-corrected chi connectivity index (χ2v) is 7.70. The first-order valence-corrected chi connectivity index (χ1v) is 9.77. The zero-order valence-electron chi connectivity index (χ0n) is 14.6. The van der Waals surface area contributed by atoms with Gasteiger partial charge in [0, 0.05) is 36.8 Å². The van der Waals surface area contributed by atoms with E-state index in [1.807, 2.05) is 0 Å². The lowest BCUT2D eigenvalue weighted by atomic mass is 10.2. The van der Waals surface area contributed by atoms with Crippen LogP contribution in [0.15, 0.2) is 48.5 Å². The number of methoxy groups -OCH3 is 1. The summed E-state index contributed by atoms with van der Waals surface area (Å²) in [4.78, 5) is 12.1. The van der Waals surface area contributed by atoms with E-state index >= 15 is 0 Å². The molecule has 2 aromatic carbocycles. The van der Waals surface area contributed by atoms with Gasteiger partial charge in [-0.1, -0.05) is 24.3 Å². The molecule has 1 N–H and O–H groups in total. The molecule has 140 valence electrons. The average molecular weight is 380 g/mol. The molecule has 0 saturated heterocycles. The van der Waals surface area contributed by atoms with Crippen molar-refractivity contribution in [2.24, 2.45) is 0 Å². The van der Waals surface area contributed by atoms with Crippen LogP contribution >= 0.6 is 0 Å². The quantitative estimate of drug-likeness (QED) is 0.764. The maximum Gasteiger partial charge on any atom is 0.225 e. The summed E-state index contributed by atoms with van der Waals surface area (Å²) in [7, 11) is -2.07. The fourth-order valence-electron chi connectivity index (χ4n) is 2.33. The summed E-state index contributed by atoms with van der Waals surface area (Å²) in [5.74, 6) is -0.234. The van der Waals surface area contributed by atoms with E-state index in [9.17, 15) is 17.6 Å². The Labute approximate surface area is 152 Å². The second kappa shape index (κ2) is 8.77. The number of anilines is 1. The summed E-state index contributed by atoms with van der Waals surface area (Å²) < 4.78 is 43.9. The highest BCUT2D eigenvalue weighted by atomic mass is 32.2. The lowest BCUT2D eigenvalue weighted by molar-refractivity contribution is -0.116. The Hall–Kier alpha value is -2.45. The molecular weight excluding hydrogens is 359 g/mol. The van der Waals surface area contributed by atoms with E-state index in [0.717, 1.165) is 10.6 Å². The fourth-order valence-corrected chi connectivity index (χ4v) is 3.13. The minimum Gasteiger partial charge on any atom is -0.497 e. The molecule has 0 aromatic heterocycles. The number of carbonyl (C=O) groups excluding carboxylic acids is 1. The number of halogens is 1. The lowest BCUT2D eigenvalue weighted by Crippen LogP contribution is -2.32. The Morgan fingerprint density at radius 3 is 2.58 bits per heavy atom. The summed E-state index contributed by atoms with van der Waals surface area (Å²) in [5, 5.41) is 2.68. The maximum atomic E-state index is 13.8. The molecule has 0 unspecified atom stereocenters. The van der Waals surface area contributed by atoms with Gasteiger partial charge in [-0.3, -0.25) is 4.79 Å². The Bertz CT molecular complexity index is 871. The Kier molecular flexibility index (Phi) is 6.70. The topological polar surface area (TPSA) is 75.7 Å². The molecular formula is C18H21FN2O4S. The van der Waals surface area contributed by atoms with Gasteiger partial charge >= 0.3 is 0 Å². The smallest absolute Gasteiger partial charge is 0.225 e. The molecule has 0 atom stereocenters. The van der Waals surface area contributed by atoms with Crippen molar-refractivity contribution < 1.29 is 22.3 Å². The van der Waals surface area contributed by atoms with Crippen LogP contribution in [0.4, 0.5) is 10.1 Å². The van der Waals surface area contributed by atoms with Crippen LogP contribution in [0.25, 0.3) is 0 Å². The largest absolute Gasteiger partial charge is 0.497 e. The standard InChI is InChI=1S/C18H21FN2O4S/c1-25-16-8-5-7-15(12-16)20-18(22)10-11-21(26(2,23)24)13-14-6-3-4-9-17(14)19/h3-9,12H,10-11,13H2,1-2H3,(H,20,22). The van der Waals surface area contributed by atoms with Crippen molar-refractivity contribution in [3.63, 3.8) is 0 Å². The zero-order chi connectivity index (χ0) is 19.2. The zero-order valence-corrected chi connectivity index (χ0v) is 15.4. The van der Waals surface area contributed by atoms with E-state index in [-0.39, 0.29) is 31.0 Å². The first-order valence-electron chi connectivity index (χ1n) is 7.92. The van der Waals surface area contributed by atoms with Gasteiger partial charge in [0.05, 0.1) is 13.4 Å². The molecule has 8 heteroatoms. The summed E-state index contributed by atoms with van der Waals surface area (Å²) in [5.41, 5.74) is 0.806. The SMILES string of the molecule is COc1cccc(NC(=O)CCN(Cc2ccccc2F)S(C)(=O)=O)c1. The molecule has 0 spiro atoms. The molecule has 0 bridgehead atoms. The molecule has 0 heterocycles. The van der Waals surface area contributed by atoms with Crippen LogP contribution in [0.3, 0.4) is 0 Å². The van der Waals surface area contributed by atoms with Crippen LogP contribution in [-0.4, -0.2) is 38.5 Å². The molecule has 26 heavy (non-hydrogen) atoms. The minimum atomic E-state index is -3.59. The molecule has 0 fully saturated rings. The van der Waals surface area contributed by atoms with Crippen molar-refractivity contribution in [2.75, 3.05) is 25.2 Å². The van der Waals surface area contributed by atoms with Crippen molar-refractivity contribution in [2.45, 2.75) is 13.0 Å². The van der Waals surface area contributed by atoms with Gasteiger partial charge in [-0.2, -0.15) is 4.31 Å². The predicted molar refractivity (Wildman–Crippen MR) is 97.9 cm³/mol. The summed E-state index contributed by atoms with van der Waals surface area (Å²) in [6.45, 7) is -0.180. The van der Waals surface area contributed by atoms with Crippen LogP contribution in [0, 0.1) is 5.82 Å². The molecule has 0 radical (unpaired) electrons.